The molecule has 0 aliphatic carbocycles. The third-order valence-corrected chi connectivity index (χ3v) is 2.31. The molecule has 5 heteroatoms. The lowest BCUT2D eigenvalue weighted by atomic mass is 10.1. The fourth-order valence-electron chi connectivity index (χ4n) is 1.46. The van der Waals surface area contributed by atoms with Crippen LogP contribution in [0, 0.1) is 0 Å². The van der Waals surface area contributed by atoms with Crippen LogP contribution in [0.4, 0.5) is 4.79 Å². The van der Waals surface area contributed by atoms with Gasteiger partial charge in [-0.05, 0) is 19.8 Å². The third-order valence-electron chi connectivity index (χ3n) is 2.31. The quantitative estimate of drug-likeness (QED) is 0.739. The molecule has 1 heterocycles. The first-order chi connectivity index (χ1) is 6.61. The zero-order chi connectivity index (χ0) is 10.6. The minimum atomic E-state index is -0.831. The molecule has 1 N–H and O–H groups in total. The SMILES string of the molecule is CC(CCC(=O)O)N1CCCOC1=O. The van der Waals surface area contributed by atoms with Crippen LogP contribution in [0.1, 0.15) is 26.2 Å². The number of hydrogen-bond acceptors (Lipinski definition) is 3. The highest BCUT2D eigenvalue weighted by Crippen LogP contribution is 2.12. The molecule has 1 aliphatic rings. The Morgan fingerprint density at radius 3 is 3.00 bits per heavy atom. The van der Waals surface area contributed by atoms with E-state index in [1.54, 1.807) is 4.90 Å². The molecule has 5 nitrogen and oxygen atoms in total. The highest BCUT2D eigenvalue weighted by molar-refractivity contribution is 5.69. The van der Waals surface area contributed by atoms with E-state index < -0.39 is 5.97 Å². The normalized spacial score (nSPS) is 18.9. The van der Waals surface area contributed by atoms with Gasteiger partial charge >= 0.3 is 12.1 Å². The summed E-state index contributed by atoms with van der Waals surface area (Å²) in [6, 6.07) is -0.0566. The van der Waals surface area contributed by atoms with Gasteiger partial charge in [-0.2, -0.15) is 0 Å². The second kappa shape index (κ2) is 4.83. The summed E-state index contributed by atoms with van der Waals surface area (Å²) in [6.45, 7) is 2.98. The van der Waals surface area contributed by atoms with Gasteiger partial charge < -0.3 is 14.7 Å². The second-order valence-corrected chi connectivity index (χ2v) is 3.44. The van der Waals surface area contributed by atoms with E-state index >= 15 is 0 Å². The van der Waals surface area contributed by atoms with Crippen LogP contribution in [-0.4, -0.2) is 41.3 Å². The average Bonchev–Trinajstić information content (AvgIpc) is 2.15. The number of carboxylic acid groups (broad SMARTS) is 1. The summed E-state index contributed by atoms with van der Waals surface area (Å²) in [6.07, 6.45) is 1.06. The molecule has 0 aromatic carbocycles. The maximum absolute atomic E-state index is 11.2. The summed E-state index contributed by atoms with van der Waals surface area (Å²) in [5, 5.41) is 8.49. The predicted molar refractivity (Wildman–Crippen MR) is 49.0 cm³/mol. The van der Waals surface area contributed by atoms with Crippen molar-refractivity contribution in [1.29, 1.82) is 0 Å². The predicted octanol–water partition coefficient (Wildman–Crippen LogP) is 1.08. The van der Waals surface area contributed by atoms with E-state index in [2.05, 4.69) is 0 Å². The van der Waals surface area contributed by atoms with E-state index in [0.717, 1.165) is 6.42 Å². The van der Waals surface area contributed by atoms with Crippen LogP contribution in [0.3, 0.4) is 0 Å². The van der Waals surface area contributed by atoms with Gasteiger partial charge in [0.15, 0.2) is 0 Å². The Morgan fingerprint density at radius 2 is 2.43 bits per heavy atom. The molecule has 0 aromatic heterocycles. The van der Waals surface area contributed by atoms with Crippen molar-refractivity contribution in [2.24, 2.45) is 0 Å². The maximum atomic E-state index is 11.2. The number of nitrogens with zero attached hydrogens (tertiary/aromatic N) is 1. The van der Waals surface area contributed by atoms with Crippen molar-refractivity contribution in [2.45, 2.75) is 32.2 Å². The number of carbonyl (C=O) groups excluding carboxylic acids is 1. The number of ether oxygens (including phenoxy) is 1. The minimum Gasteiger partial charge on any atom is -0.481 e. The molecule has 0 aromatic rings. The summed E-state index contributed by atoms with van der Waals surface area (Å²) in [5.74, 6) is -0.831. The summed E-state index contributed by atoms with van der Waals surface area (Å²) in [4.78, 5) is 23.2. The summed E-state index contributed by atoms with van der Waals surface area (Å²) >= 11 is 0. The number of aliphatic carboxylic acids is 1. The number of carboxylic acids is 1. The number of rotatable bonds is 4. The van der Waals surface area contributed by atoms with E-state index in [-0.39, 0.29) is 18.6 Å². The maximum Gasteiger partial charge on any atom is 0.409 e. The third kappa shape index (κ3) is 2.90. The van der Waals surface area contributed by atoms with Gasteiger partial charge in [-0.1, -0.05) is 0 Å². The summed E-state index contributed by atoms with van der Waals surface area (Å²) in [5.41, 5.74) is 0. The van der Waals surface area contributed by atoms with Crippen LogP contribution in [0.15, 0.2) is 0 Å². The molecule has 0 spiro atoms. The Balaban J connectivity index is 2.38. The van der Waals surface area contributed by atoms with E-state index in [1.807, 2.05) is 6.92 Å². The molecular formula is C9H15NO4. The molecule has 1 rings (SSSR count). The molecule has 80 valence electrons. The molecular weight excluding hydrogens is 186 g/mol. The molecule has 14 heavy (non-hydrogen) atoms. The molecule has 1 aliphatic heterocycles. The molecule has 1 unspecified atom stereocenters. The summed E-state index contributed by atoms with van der Waals surface area (Å²) in [7, 11) is 0. The van der Waals surface area contributed by atoms with Crippen LogP contribution in [-0.2, 0) is 9.53 Å². The van der Waals surface area contributed by atoms with E-state index in [0.29, 0.717) is 19.6 Å². The Bertz CT molecular complexity index is 229. The van der Waals surface area contributed by atoms with Gasteiger partial charge in [-0.3, -0.25) is 4.79 Å². The Hall–Kier alpha value is -1.26. The smallest absolute Gasteiger partial charge is 0.409 e. The van der Waals surface area contributed by atoms with Crippen LogP contribution >= 0.6 is 0 Å². The summed E-state index contributed by atoms with van der Waals surface area (Å²) < 4.78 is 4.86. The number of carbonyl (C=O) groups is 2. The first kappa shape index (κ1) is 10.8. The minimum absolute atomic E-state index is 0.0566. The van der Waals surface area contributed by atoms with Crippen molar-refractivity contribution in [1.82, 2.24) is 4.90 Å². The van der Waals surface area contributed by atoms with Crippen molar-refractivity contribution in [3.05, 3.63) is 0 Å². The van der Waals surface area contributed by atoms with E-state index in [9.17, 15) is 9.59 Å². The Kier molecular flexibility index (Phi) is 3.73. The Labute approximate surface area is 82.6 Å². The number of hydrogen-bond donors (Lipinski definition) is 1. The van der Waals surface area contributed by atoms with Gasteiger partial charge in [0.2, 0.25) is 0 Å². The lowest BCUT2D eigenvalue weighted by molar-refractivity contribution is -0.137. The zero-order valence-corrected chi connectivity index (χ0v) is 8.23. The molecule has 1 fully saturated rings. The number of cyclic esters (lactones) is 1. The standard InChI is InChI=1S/C9H15NO4/c1-7(3-4-8(11)12)10-5-2-6-14-9(10)13/h7H,2-6H2,1H3,(H,11,12). The largest absolute Gasteiger partial charge is 0.481 e. The topological polar surface area (TPSA) is 66.8 Å². The van der Waals surface area contributed by atoms with E-state index in [1.165, 1.54) is 0 Å². The second-order valence-electron chi connectivity index (χ2n) is 3.44. The van der Waals surface area contributed by atoms with Crippen molar-refractivity contribution in [3.63, 3.8) is 0 Å². The van der Waals surface area contributed by atoms with Gasteiger partial charge in [0.05, 0.1) is 6.61 Å². The van der Waals surface area contributed by atoms with E-state index in [4.69, 9.17) is 9.84 Å². The van der Waals surface area contributed by atoms with Gasteiger partial charge in [-0.25, -0.2) is 4.79 Å². The van der Waals surface area contributed by atoms with Crippen molar-refractivity contribution in [2.75, 3.05) is 13.2 Å². The molecule has 0 bridgehead atoms. The van der Waals surface area contributed by atoms with Crippen molar-refractivity contribution >= 4 is 12.1 Å². The fraction of sp³-hybridized carbons (Fsp3) is 0.778. The monoisotopic (exact) mass is 201 g/mol. The molecule has 1 amide bonds. The van der Waals surface area contributed by atoms with Crippen LogP contribution in [0.25, 0.3) is 0 Å². The Morgan fingerprint density at radius 1 is 1.71 bits per heavy atom. The van der Waals surface area contributed by atoms with Gasteiger partial charge in [0.25, 0.3) is 0 Å². The van der Waals surface area contributed by atoms with Gasteiger partial charge in [0, 0.05) is 19.0 Å². The molecule has 1 atom stereocenters. The van der Waals surface area contributed by atoms with Crippen LogP contribution in [0.2, 0.25) is 0 Å². The molecule has 0 radical (unpaired) electrons. The van der Waals surface area contributed by atoms with Gasteiger partial charge in [0.1, 0.15) is 0 Å². The average molecular weight is 201 g/mol. The highest BCUT2D eigenvalue weighted by Gasteiger charge is 2.24. The lowest BCUT2D eigenvalue weighted by Crippen LogP contribution is -2.43. The first-order valence-corrected chi connectivity index (χ1v) is 4.76. The van der Waals surface area contributed by atoms with Gasteiger partial charge in [-0.15, -0.1) is 0 Å². The van der Waals surface area contributed by atoms with Crippen molar-refractivity contribution in [3.8, 4) is 0 Å². The van der Waals surface area contributed by atoms with Crippen LogP contribution in [0.5, 0.6) is 0 Å². The molecule has 0 saturated carbocycles. The van der Waals surface area contributed by atoms with Crippen LogP contribution < -0.4 is 0 Å². The zero-order valence-electron chi connectivity index (χ0n) is 8.23. The first-order valence-electron chi connectivity index (χ1n) is 4.76. The lowest BCUT2D eigenvalue weighted by Gasteiger charge is -2.31. The van der Waals surface area contributed by atoms with Crippen molar-refractivity contribution < 1.29 is 19.4 Å². The fourth-order valence-corrected chi connectivity index (χ4v) is 1.46. The number of amides is 1. The molecule has 1 saturated heterocycles. The highest BCUT2D eigenvalue weighted by atomic mass is 16.6.